The zero-order valence-corrected chi connectivity index (χ0v) is 11.8. The lowest BCUT2D eigenvalue weighted by Crippen LogP contribution is -2.42. The van der Waals surface area contributed by atoms with Gasteiger partial charge in [-0.3, -0.25) is 4.79 Å². The van der Waals surface area contributed by atoms with Gasteiger partial charge in [-0.1, -0.05) is 6.92 Å². The van der Waals surface area contributed by atoms with E-state index in [0.29, 0.717) is 24.8 Å². The van der Waals surface area contributed by atoms with Gasteiger partial charge in [0.1, 0.15) is 0 Å². The highest BCUT2D eigenvalue weighted by molar-refractivity contribution is 8.00. The van der Waals surface area contributed by atoms with Crippen LogP contribution in [0.4, 0.5) is 0 Å². The molecule has 0 N–H and O–H groups in total. The smallest absolute Gasteiger partial charge is 0.305 e. The van der Waals surface area contributed by atoms with Crippen LogP contribution in [0.5, 0.6) is 0 Å². The number of carbonyl (C=O) groups excluding carboxylic acids is 1. The first-order chi connectivity index (χ1) is 7.95. The van der Waals surface area contributed by atoms with Crippen LogP contribution in [0.2, 0.25) is 0 Å². The number of nitrogens with zero attached hydrogens (tertiary/aromatic N) is 1. The van der Waals surface area contributed by atoms with E-state index in [1.54, 1.807) is 11.8 Å². The van der Waals surface area contributed by atoms with Crippen molar-refractivity contribution in [2.24, 2.45) is 0 Å². The summed E-state index contributed by atoms with van der Waals surface area (Å²) in [6.07, 6.45) is 0.487. The van der Waals surface area contributed by atoms with E-state index >= 15 is 0 Å². The Morgan fingerprint density at radius 1 is 1.53 bits per heavy atom. The van der Waals surface area contributed by atoms with Gasteiger partial charge in [-0.05, 0) is 6.42 Å². The SMILES string of the molecule is COC(=O)CCCS(=O)(=O)N1CCSC(C)C1. The molecule has 1 unspecified atom stereocenters. The van der Waals surface area contributed by atoms with E-state index in [-0.39, 0.29) is 18.1 Å². The van der Waals surface area contributed by atoms with E-state index in [1.807, 2.05) is 6.92 Å². The van der Waals surface area contributed by atoms with Crippen molar-refractivity contribution in [2.45, 2.75) is 25.0 Å². The van der Waals surface area contributed by atoms with E-state index in [4.69, 9.17) is 0 Å². The van der Waals surface area contributed by atoms with Crippen LogP contribution in [0, 0.1) is 0 Å². The molecule has 0 bridgehead atoms. The summed E-state index contributed by atoms with van der Waals surface area (Å²) >= 11 is 1.79. The summed E-state index contributed by atoms with van der Waals surface area (Å²) < 4.78 is 29.9. The molecule has 0 aromatic carbocycles. The highest BCUT2D eigenvalue weighted by Crippen LogP contribution is 2.20. The minimum atomic E-state index is -3.21. The number of sulfonamides is 1. The molecule has 1 rings (SSSR count). The Balaban J connectivity index is 2.42. The maximum atomic E-state index is 12.0. The molecule has 5 nitrogen and oxygen atoms in total. The fourth-order valence-electron chi connectivity index (χ4n) is 1.67. The summed E-state index contributed by atoms with van der Waals surface area (Å²) in [6.45, 7) is 3.18. The van der Waals surface area contributed by atoms with Gasteiger partial charge in [0.15, 0.2) is 0 Å². The Morgan fingerprint density at radius 3 is 2.82 bits per heavy atom. The third-order valence-electron chi connectivity index (χ3n) is 2.61. The van der Waals surface area contributed by atoms with Gasteiger partial charge in [0.05, 0.1) is 12.9 Å². The monoisotopic (exact) mass is 281 g/mol. The molecule has 0 aromatic heterocycles. The van der Waals surface area contributed by atoms with Crippen molar-refractivity contribution >= 4 is 27.8 Å². The van der Waals surface area contributed by atoms with E-state index in [0.717, 1.165) is 5.75 Å². The van der Waals surface area contributed by atoms with Gasteiger partial charge in [-0.25, -0.2) is 12.7 Å². The molecule has 1 heterocycles. The molecule has 1 aliphatic rings. The van der Waals surface area contributed by atoms with Crippen molar-refractivity contribution in [3.05, 3.63) is 0 Å². The van der Waals surface area contributed by atoms with Gasteiger partial charge in [0.25, 0.3) is 0 Å². The first-order valence-corrected chi connectivity index (χ1v) is 8.27. The minimum Gasteiger partial charge on any atom is -0.469 e. The Bertz CT molecular complexity index is 355. The number of thioether (sulfide) groups is 1. The number of ether oxygens (including phenoxy) is 1. The van der Waals surface area contributed by atoms with E-state index in [1.165, 1.54) is 11.4 Å². The fourth-order valence-corrected chi connectivity index (χ4v) is 4.48. The molecule has 0 spiro atoms. The number of hydrogen-bond donors (Lipinski definition) is 0. The molecule has 1 saturated heterocycles. The van der Waals surface area contributed by atoms with Crippen LogP contribution in [-0.4, -0.2) is 55.6 Å². The summed E-state index contributed by atoms with van der Waals surface area (Å²) in [4.78, 5) is 10.9. The highest BCUT2D eigenvalue weighted by atomic mass is 32.2. The molecule has 1 aliphatic heterocycles. The first kappa shape index (κ1) is 14.8. The Labute approximate surface area is 107 Å². The van der Waals surface area contributed by atoms with Gasteiger partial charge >= 0.3 is 5.97 Å². The Hall–Kier alpha value is -0.270. The zero-order valence-electron chi connectivity index (χ0n) is 10.2. The fraction of sp³-hybridized carbons (Fsp3) is 0.900. The van der Waals surface area contributed by atoms with Crippen LogP contribution in [-0.2, 0) is 19.6 Å². The van der Waals surface area contributed by atoms with E-state index in [9.17, 15) is 13.2 Å². The molecule has 0 saturated carbocycles. The average molecular weight is 281 g/mol. The van der Waals surface area contributed by atoms with Crippen LogP contribution < -0.4 is 0 Å². The molecule has 7 heteroatoms. The average Bonchev–Trinajstić information content (AvgIpc) is 2.28. The normalized spacial score (nSPS) is 22.4. The van der Waals surface area contributed by atoms with Crippen molar-refractivity contribution in [1.82, 2.24) is 4.31 Å². The van der Waals surface area contributed by atoms with Crippen molar-refractivity contribution in [1.29, 1.82) is 0 Å². The van der Waals surface area contributed by atoms with Crippen LogP contribution in [0.25, 0.3) is 0 Å². The van der Waals surface area contributed by atoms with Crippen LogP contribution in [0.15, 0.2) is 0 Å². The molecular weight excluding hydrogens is 262 g/mol. The summed E-state index contributed by atoms with van der Waals surface area (Å²) in [6, 6.07) is 0. The molecular formula is C10H19NO4S2. The number of rotatable bonds is 5. The van der Waals surface area contributed by atoms with Gasteiger partial charge in [0.2, 0.25) is 10.0 Å². The summed E-state index contributed by atoms with van der Waals surface area (Å²) in [5.41, 5.74) is 0. The predicted molar refractivity (Wildman–Crippen MR) is 68.5 cm³/mol. The van der Waals surface area contributed by atoms with E-state index in [2.05, 4.69) is 4.74 Å². The second-order valence-corrected chi connectivity index (χ2v) is 7.67. The quantitative estimate of drug-likeness (QED) is 0.694. The molecule has 0 radical (unpaired) electrons. The topological polar surface area (TPSA) is 63.7 Å². The van der Waals surface area contributed by atoms with Crippen molar-refractivity contribution < 1.29 is 17.9 Å². The van der Waals surface area contributed by atoms with E-state index < -0.39 is 10.0 Å². The highest BCUT2D eigenvalue weighted by Gasteiger charge is 2.26. The molecule has 0 aliphatic carbocycles. The maximum Gasteiger partial charge on any atom is 0.305 e. The van der Waals surface area contributed by atoms with Gasteiger partial charge in [-0.2, -0.15) is 11.8 Å². The molecule has 1 fully saturated rings. The number of carbonyl (C=O) groups is 1. The van der Waals surface area contributed by atoms with Gasteiger partial charge < -0.3 is 4.74 Å². The lowest BCUT2D eigenvalue weighted by molar-refractivity contribution is -0.140. The summed E-state index contributed by atoms with van der Waals surface area (Å²) in [7, 11) is -1.90. The second-order valence-electron chi connectivity index (χ2n) is 4.04. The van der Waals surface area contributed by atoms with Crippen LogP contribution in [0.1, 0.15) is 19.8 Å². The lowest BCUT2D eigenvalue weighted by Gasteiger charge is -2.29. The molecule has 100 valence electrons. The van der Waals surface area contributed by atoms with Gasteiger partial charge in [0, 0.05) is 30.5 Å². The summed E-state index contributed by atoms with van der Waals surface area (Å²) in [5.74, 6) is 0.513. The molecule has 0 aromatic rings. The molecule has 0 amide bonds. The van der Waals surface area contributed by atoms with Gasteiger partial charge in [-0.15, -0.1) is 0 Å². The predicted octanol–water partition coefficient (Wildman–Crippen LogP) is 0.707. The third-order valence-corrected chi connectivity index (χ3v) is 5.67. The Kier molecular flexibility index (Phi) is 5.75. The van der Waals surface area contributed by atoms with Crippen LogP contribution >= 0.6 is 11.8 Å². The number of methoxy groups -OCH3 is 1. The number of hydrogen-bond acceptors (Lipinski definition) is 5. The second kappa shape index (κ2) is 6.61. The third kappa shape index (κ3) is 4.85. The molecule has 1 atom stereocenters. The standard InChI is InChI=1S/C10H19NO4S2/c1-9-8-11(5-6-16-9)17(13,14)7-3-4-10(12)15-2/h9H,3-8H2,1-2H3. The zero-order chi connectivity index (χ0) is 12.9. The lowest BCUT2D eigenvalue weighted by atomic mass is 10.3. The largest absolute Gasteiger partial charge is 0.469 e. The maximum absolute atomic E-state index is 12.0. The minimum absolute atomic E-state index is 0.0273. The van der Waals surface area contributed by atoms with Crippen molar-refractivity contribution in [3.8, 4) is 0 Å². The summed E-state index contributed by atoms with van der Waals surface area (Å²) in [5, 5.41) is 0.346. The van der Waals surface area contributed by atoms with Crippen molar-refractivity contribution in [2.75, 3.05) is 31.7 Å². The Morgan fingerprint density at radius 2 is 2.24 bits per heavy atom. The van der Waals surface area contributed by atoms with Crippen molar-refractivity contribution in [3.63, 3.8) is 0 Å². The van der Waals surface area contributed by atoms with Crippen LogP contribution in [0.3, 0.4) is 0 Å². The first-order valence-electron chi connectivity index (χ1n) is 5.62. The number of esters is 1. The molecule has 17 heavy (non-hydrogen) atoms.